The number of amides is 1. The van der Waals surface area contributed by atoms with Crippen LogP contribution in [0, 0.1) is 5.92 Å². The zero-order valence-electron chi connectivity index (χ0n) is 13.1. The fourth-order valence-corrected chi connectivity index (χ4v) is 2.85. The van der Waals surface area contributed by atoms with Crippen molar-refractivity contribution >= 4 is 5.91 Å². The number of rotatable bonds is 7. The Morgan fingerprint density at radius 2 is 2.48 bits per heavy atom. The molecule has 2 N–H and O–H groups in total. The molecule has 1 aromatic rings. The first kappa shape index (κ1) is 16.0. The van der Waals surface area contributed by atoms with Gasteiger partial charge in [-0.15, -0.1) is 0 Å². The van der Waals surface area contributed by atoms with Crippen LogP contribution >= 0.6 is 0 Å². The van der Waals surface area contributed by atoms with Crippen LogP contribution in [0.3, 0.4) is 0 Å². The maximum Gasteiger partial charge on any atom is 0.234 e. The summed E-state index contributed by atoms with van der Waals surface area (Å²) in [5.74, 6) is 1.52. The number of carbonyl (C=O) groups excluding carboxylic acids is 1. The lowest BCUT2D eigenvalue weighted by atomic mass is 9.99. The van der Waals surface area contributed by atoms with Crippen molar-refractivity contribution in [2.24, 2.45) is 5.92 Å². The van der Waals surface area contributed by atoms with Gasteiger partial charge in [-0.3, -0.25) is 9.69 Å². The van der Waals surface area contributed by atoms with Crippen molar-refractivity contribution in [2.75, 3.05) is 32.7 Å². The first-order valence-corrected chi connectivity index (χ1v) is 7.95. The fourth-order valence-electron chi connectivity index (χ4n) is 2.85. The van der Waals surface area contributed by atoms with E-state index in [2.05, 4.69) is 22.5 Å². The summed E-state index contributed by atoms with van der Waals surface area (Å²) in [4.78, 5) is 14.4. The lowest BCUT2D eigenvalue weighted by Gasteiger charge is -2.29. The Morgan fingerprint density at radius 3 is 3.10 bits per heavy atom. The number of likely N-dealkylation sites (N-methyl/N-ethyl adjacent to an activating group) is 1. The second-order valence-electron chi connectivity index (χ2n) is 5.84. The molecule has 1 amide bonds. The van der Waals surface area contributed by atoms with E-state index < -0.39 is 0 Å². The quantitative estimate of drug-likeness (QED) is 0.804. The minimum atomic E-state index is -0.0810. The molecule has 21 heavy (non-hydrogen) atoms. The second kappa shape index (κ2) is 8.20. The molecular formula is C16H27N3O2. The Hall–Kier alpha value is -1.33. The monoisotopic (exact) mass is 293 g/mol. The SMILES string of the molecule is CCN(CC(=O)NC(C)c1ccco1)CC1CCCNC1. The van der Waals surface area contributed by atoms with E-state index in [0.717, 1.165) is 31.9 Å². The third-order valence-corrected chi connectivity index (χ3v) is 4.08. The second-order valence-corrected chi connectivity index (χ2v) is 5.84. The standard InChI is InChI=1S/C16H27N3O2/c1-3-19(11-14-6-4-8-17-10-14)12-16(20)18-13(2)15-7-5-9-21-15/h5,7,9,13-14,17H,3-4,6,8,10-12H2,1-2H3,(H,18,20). The van der Waals surface area contributed by atoms with Gasteiger partial charge >= 0.3 is 0 Å². The summed E-state index contributed by atoms with van der Waals surface area (Å²) in [5, 5.41) is 6.42. The average molecular weight is 293 g/mol. The zero-order chi connectivity index (χ0) is 15.1. The van der Waals surface area contributed by atoms with E-state index in [1.807, 2.05) is 19.1 Å². The van der Waals surface area contributed by atoms with Gasteiger partial charge in [-0.05, 0) is 57.5 Å². The zero-order valence-corrected chi connectivity index (χ0v) is 13.1. The molecule has 0 radical (unpaired) electrons. The minimum Gasteiger partial charge on any atom is -0.467 e. The van der Waals surface area contributed by atoms with Gasteiger partial charge in [0.05, 0.1) is 18.8 Å². The normalized spacial score (nSPS) is 20.4. The summed E-state index contributed by atoms with van der Waals surface area (Å²) in [6, 6.07) is 3.64. The summed E-state index contributed by atoms with van der Waals surface area (Å²) in [7, 11) is 0. The van der Waals surface area contributed by atoms with E-state index in [-0.39, 0.29) is 11.9 Å². The molecule has 1 aliphatic rings. The van der Waals surface area contributed by atoms with E-state index >= 15 is 0 Å². The lowest BCUT2D eigenvalue weighted by Crippen LogP contribution is -2.43. The molecule has 2 unspecified atom stereocenters. The van der Waals surface area contributed by atoms with Crippen LogP contribution in [0.1, 0.15) is 38.5 Å². The first-order valence-electron chi connectivity index (χ1n) is 7.95. The Balaban J connectivity index is 1.76. The summed E-state index contributed by atoms with van der Waals surface area (Å²) in [6.45, 7) is 8.60. The van der Waals surface area contributed by atoms with Gasteiger partial charge in [-0.2, -0.15) is 0 Å². The van der Waals surface area contributed by atoms with Crippen LogP contribution in [-0.4, -0.2) is 43.5 Å². The Kier molecular flexibility index (Phi) is 6.26. The van der Waals surface area contributed by atoms with Crippen LogP contribution < -0.4 is 10.6 Å². The van der Waals surface area contributed by atoms with E-state index in [0.29, 0.717) is 12.5 Å². The smallest absolute Gasteiger partial charge is 0.234 e. The summed E-state index contributed by atoms with van der Waals surface area (Å²) in [6.07, 6.45) is 4.13. The molecule has 2 rings (SSSR count). The van der Waals surface area contributed by atoms with Crippen molar-refractivity contribution in [3.05, 3.63) is 24.2 Å². The number of piperidine rings is 1. The summed E-state index contributed by atoms with van der Waals surface area (Å²) in [5.41, 5.74) is 0. The molecule has 1 saturated heterocycles. The predicted molar refractivity (Wildman–Crippen MR) is 83.0 cm³/mol. The van der Waals surface area contributed by atoms with E-state index in [4.69, 9.17) is 4.42 Å². The lowest BCUT2D eigenvalue weighted by molar-refractivity contribution is -0.123. The highest BCUT2D eigenvalue weighted by molar-refractivity contribution is 5.78. The highest BCUT2D eigenvalue weighted by atomic mass is 16.3. The van der Waals surface area contributed by atoms with Crippen LogP contribution in [0.25, 0.3) is 0 Å². The van der Waals surface area contributed by atoms with Gasteiger partial charge in [-0.1, -0.05) is 6.92 Å². The van der Waals surface area contributed by atoms with Gasteiger partial charge in [0.15, 0.2) is 0 Å². The minimum absolute atomic E-state index is 0.0597. The number of hydrogen-bond acceptors (Lipinski definition) is 4. The molecule has 0 aliphatic carbocycles. The molecule has 2 heterocycles. The average Bonchev–Trinajstić information content (AvgIpc) is 3.02. The van der Waals surface area contributed by atoms with Crippen LogP contribution in [0.2, 0.25) is 0 Å². The molecule has 1 fully saturated rings. The molecule has 5 nitrogen and oxygen atoms in total. The van der Waals surface area contributed by atoms with E-state index in [1.54, 1.807) is 6.26 Å². The highest BCUT2D eigenvalue weighted by Crippen LogP contribution is 2.13. The number of nitrogens with zero attached hydrogens (tertiary/aromatic N) is 1. The van der Waals surface area contributed by atoms with Crippen molar-refractivity contribution < 1.29 is 9.21 Å². The maximum absolute atomic E-state index is 12.1. The van der Waals surface area contributed by atoms with Crippen molar-refractivity contribution in [3.63, 3.8) is 0 Å². The van der Waals surface area contributed by atoms with Crippen LogP contribution in [0.4, 0.5) is 0 Å². The van der Waals surface area contributed by atoms with Crippen LogP contribution in [-0.2, 0) is 4.79 Å². The van der Waals surface area contributed by atoms with Gasteiger partial charge in [-0.25, -0.2) is 0 Å². The molecule has 1 aromatic heterocycles. The van der Waals surface area contributed by atoms with Crippen molar-refractivity contribution in [1.82, 2.24) is 15.5 Å². The van der Waals surface area contributed by atoms with Crippen molar-refractivity contribution in [2.45, 2.75) is 32.7 Å². The summed E-state index contributed by atoms with van der Waals surface area (Å²) >= 11 is 0. The first-order chi connectivity index (χ1) is 10.2. The van der Waals surface area contributed by atoms with Crippen molar-refractivity contribution in [3.8, 4) is 0 Å². The van der Waals surface area contributed by atoms with Gasteiger partial charge in [0.1, 0.15) is 5.76 Å². The maximum atomic E-state index is 12.1. The fraction of sp³-hybridized carbons (Fsp3) is 0.688. The number of furan rings is 1. The molecule has 0 spiro atoms. The molecule has 118 valence electrons. The van der Waals surface area contributed by atoms with Gasteiger partial charge < -0.3 is 15.1 Å². The topological polar surface area (TPSA) is 57.5 Å². The molecule has 2 atom stereocenters. The predicted octanol–water partition coefficient (Wildman–Crippen LogP) is 1.78. The number of nitrogens with one attached hydrogen (secondary N) is 2. The van der Waals surface area contributed by atoms with E-state index in [9.17, 15) is 4.79 Å². The van der Waals surface area contributed by atoms with E-state index in [1.165, 1.54) is 12.8 Å². The van der Waals surface area contributed by atoms with Gasteiger partial charge in [0.25, 0.3) is 0 Å². The highest BCUT2D eigenvalue weighted by Gasteiger charge is 2.19. The molecular weight excluding hydrogens is 266 g/mol. The van der Waals surface area contributed by atoms with Gasteiger partial charge in [0, 0.05) is 6.54 Å². The Bertz CT molecular complexity index is 413. The third-order valence-electron chi connectivity index (χ3n) is 4.08. The third kappa shape index (κ3) is 5.17. The molecule has 5 heteroatoms. The Labute approximate surface area is 127 Å². The van der Waals surface area contributed by atoms with Gasteiger partial charge in [0.2, 0.25) is 5.91 Å². The van der Waals surface area contributed by atoms with Crippen LogP contribution in [0.15, 0.2) is 22.8 Å². The molecule has 0 bridgehead atoms. The van der Waals surface area contributed by atoms with Crippen molar-refractivity contribution in [1.29, 1.82) is 0 Å². The largest absolute Gasteiger partial charge is 0.467 e. The molecule has 1 aliphatic heterocycles. The number of hydrogen-bond donors (Lipinski definition) is 2. The molecule has 0 aromatic carbocycles. The Morgan fingerprint density at radius 1 is 1.62 bits per heavy atom. The summed E-state index contributed by atoms with van der Waals surface area (Å²) < 4.78 is 5.31. The number of carbonyl (C=O) groups is 1. The molecule has 0 saturated carbocycles. The van der Waals surface area contributed by atoms with Crippen LogP contribution in [0.5, 0.6) is 0 Å².